The normalized spacial score (nSPS) is 28.1. The molecule has 0 unspecified atom stereocenters. The minimum atomic E-state index is 0.297. The van der Waals surface area contributed by atoms with Gasteiger partial charge in [0.05, 0.1) is 19.3 Å². The fraction of sp³-hybridized carbons (Fsp3) is 0.647. The van der Waals surface area contributed by atoms with E-state index in [1.165, 1.54) is 17.9 Å². The second-order valence-corrected chi connectivity index (χ2v) is 7.11. The van der Waals surface area contributed by atoms with Crippen molar-refractivity contribution in [1.29, 1.82) is 0 Å². The van der Waals surface area contributed by atoms with Gasteiger partial charge in [-0.1, -0.05) is 18.2 Å². The summed E-state index contributed by atoms with van der Waals surface area (Å²) in [5.74, 6) is 0. The smallest absolute Gasteiger partial charge is 0.147 e. The van der Waals surface area contributed by atoms with Crippen molar-refractivity contribution < 1.29 is 14.2 Å². The number of methoxy groups -OCH3 is 1. The molecule has 2 aliphatic rings. The third-order valence-electron chi connectivity index (χ3n) is 4.41. The van der Waals surface area contributed by atoms with Gasteiger partial charge in [-0.2, -0.15) is 0 Å². The molecular weight excluding hydrogens is 298 g/mol. The Morgan fingerprint density at radius 2 is 1.95 bits per heavy atom. The zero-order chi connectivity index (χ0) is 15.2. The molecule has 0 aromatic heterocycles. The number of rotatable bonds is 8. The van der Waals surface area contributed by atoms with Gasteiger partial charge in [0.2, 0.25) is 0 Å². The van der Waals surface area contributed by atoms with Crippen molar-refractivity contribution in [3.8, 4) is 0 Å². The van der Waals surface area contributed by atoms with Crippen LogP contribution in [0.3, 0.4) is 0 Å². The molecule has 4 nitrogen and oxygen atoms in total. The maximum absolute atomic E-state index is 6.00. The Morgan fingerprint density at radius 3 is 2.77 bits per heavy atom. The first-order chi connectivity index (χ1) is 10.9. The van der Waals surface area contributed by atoms with Gasteiger partial charge in [0.15, 0.2) is 0 Å². The first-order valence-electron chi connectivity index (χ1n) is 8.02. The van der Waals surface area contributed by atoms with Crippen LogP contribution in [-0.4, -0.2) is 62.5 Å². The van der Waals surface area contributed by atoms with E-state index in [-0.39, 0.29) is 0 Å². The van der Waals surface area contributed by atoms with Gasteiger partial charge in [-0.3, -0.25) is 4.90 Å². The van der Waals surface area contributed by atoms with E-state index in [9.17, 15) is 0 Å². The Kier molecular flexibility index (Phi) is 6.15. The van der Waals surface area contributed by atoms with E-state index < -0.39 is 0 Å². The standard InChI is InChI=1S/C17H25NO3S/c1-19-11-12-20-13-21-15-7-9-18-10-8-16(17(15)18)22-14-5-3-2-4-6-14/h2-6,15-17H,7-13H2,1H3/t15-,16-,17+/m1/s1. The lowest BCUT2D eigenvalue weighted by Gasteiger charge is -2.26. The molecule has 0 saturated carbocycles. The fourth-order valence-corrected chi connectivity index (χ4v) is 4.74. The van der Waals surface area contributed by atoms with Crippen LogP contribution in [-0.2, 0) is 14.2 Å². The summed E-state index contributed by atoms with van der Waals surface area (Å²) in [7, 11) is 1.68. The molecule has 3 atom stereocenters. The van der Waals surface area contributed by atoms with Gasteiger partial charge in [-0.05, 0) is 31.5 Å². The molecular formula is C17H25NO3S. The molecule has 2 heterocycles. The molecule has 0 radical (unpaired) electrons. The fourth-order valence-electron chi connectivity index (χ4n) is 3.37. The maximum atomic E-state index is 6.00. The Labute approximate surface area is 137 Å². The maximum Gasteiger partial charge on any atom is 0.147 e. The molecule has 0 N–H and O–H groups in total. The predicted octanol–water partition coefficient (Wildman–Crippen LogP) is 2.63. The summed E-state index contributed by atoms with van der Waals surface area (Å²) in [5, 5.41) is 0.619. The summed E-state index contributed by atoms with van der Waals surface area (Å²) in [6.07, 6.45) is 2.66. The van der Waals surface area contributed by atoms with Gasteiger partial charge in [0.1, 0.15) is 6.79 Å². The Balaban J connectivity index is 1.51. The van der Waals surface area contributed by atoms with E-state index in [0.29, 0.717) is 37.4 Å². The predicted molar refractivity (Wildman–Crippen MR) is 88.3 cm³/mol. The lowest BCUT2D eigenvalue weighted by Crippen LogP contribution is -2.37. The number of fused-ring (bicyclic) bond motifs is 1. The average Bonchev–Trinajstić information content (AvgIpc) is 3.12. The topological polar surface area (TPSA) is 30.9 Å². The summed E-state index contributed by atoms with van der Waals surface area (Å²) in [6.45, 7) is 3.94. The highest BCUT2D eigenvalue weighted by Gasteiger charge is 2.44. The van der Waals surface area contributed by atoms with Crippen molar-refractivity contribution in [3.63, 3.8) is 0 Å². The number of nitrogens with zero attached hydrogens (tertiary/aromatic N) is 1. The van der Waals surface area contributed by atoms with Gasteiger partial charge in [-0.15, -0.1) is 11.8 Å². The lowest BCUT2D eigenvalue weighted by molar-refractivity contribution is -0.102. The molecule has 5 heteroatoms. The van der Waals surface area contributed by atoms with Gasteiger partial charge >= 0.3 is 0 Å². The van der Waals surface area contributed by atoms with Crippen LogP contribution >= 0.6 is 11.8 Å². The summed E-state index contributed by atoms with van der Waals surface area (Å²) in [5.41, 5.74) is 0. The number of hydrogen-bond donors (Lipinski definition) is 0. The van der Waals surface area contributed by atoms with Gasteiger partial charge < -0.3 is 14.2 Å². The summed E-state index contributed by atoms with van der Waals surface area (Å²) < 4.78 is 16.4. The molecule has 2 saturated heterocycles. The SMILES string of the molecule is COCCOCO[C@@H]1CCN2CC[C@@H](Sc3ccccc3)[C@H]12. The quantitative estimate of drug-likeness (QED) is 0.542. The highest BCUT2D eigenvalue weighted by Crippen LogP contribution is 2.39. The van der Waals surface area contributed by atoms with Crippen molar-refractivity contribution in [2.24, 2.45) is 0 Å². The van der Waals surface area contributed by atoms with E-state index in [4.69, 9.17) is 14.2 Å². The molecule has 3 rings (SSSR count). The monoisotopic (exact) mass is 323 g/mol. The largest absolute Gasteiger partial charge is 0.382 e. The zero-order valence-corrected chi connectivity index (χ0v) is 14.0. The Morgan fingerprint density at radius 1 is 1.14 bits per heavy atom. The highest BCUT2D eigenvalue weighted by molar-refractivity contribution is 8.00. The molecule has 22 heavy (non-hydrogen) atoms. The molecule has 0 spiro atoms. The van der Waals surface area contributed by atoms with Gasteiger partial charge in [0.25, 0.3) is 0 Å². The molecule has 0 bridgehead atoms. The summed E-state index contributed by atoms with van der Waals surface area (Å²) in [4.78, 5) is 3.94. The van der Waals surface area contributed by atoms with Crippen LogP contribution in [0.1, 0.15) is 12.8 Å². The Hall–Kier alpha value is -0.590. The van der Waals surface area contributed by atoms with E-state index in [0.717, 1.165) is 13.0 Å². The van der Waals surface area contributed by atoms with E-state index in [1.54, 1.807) is 7.11 Å². The number of benzene rings is 1. The average molecular weight is 323 g/mol. The minimum Gasteiger partial charge on any atom is -0.382 e. The number of ether oxygens (including phenoxy) is 3. The summed E-state index contributed by atoms with van der Waals surface area (Å²) >= 11 is 2.00. The van der Waals surface area contributed by atoms with E-state index >= 15 is 0 Å². The van der Waals surface area contributed by atoms with Crippen molar-refractivity contribution in [3.05, 3.63) is 30.3 Å². The number of thioether (sulfide) groups is 1. The molecule has 2 fully saturated rings. The summed E-state index contributed by atoms with van der Waals surface area (Å²) in [6, 6.07) is 11.2. The van der Waals surface area contributed by atoms with Crippen molar-refractivity contribution in [2.45, 2.75) is 35.1 Å². The molecule has 1 aromatic carbocycles. The lowest BCUT2D eigenvalue weighted by atomic mass is 10.1. The van der Waals surface area contributed by atoms with E-state index in [2.05, 4.69) is 35.2 Å². The third-order valence-corrected chi connectivity index (χ3v) is 5.77. The van der Waals surface area contributed by atoms with Crippen molar-refractivity contribution in [1.82, 2.24) is 4.90 Å². The zero-order valence-electron chi connectivity index (χ0n) is 13.1. The van der Waals surface area contributed by atoms with Crippen LogP contribution < -0.4 is 0 Å². The third kappa shape index (κ3) is 4.03. The second kappa shape index (κ2) is 8.31. The van der Waals surface area contributed by atoms with Crippen molar-refractivity contribution in [2.75, 3.05) is 40.2 Å². The molecule has 1 aromatic rings. The second-order valence-electron chi connectivity index (χ2n) is 5.80. The van der Waals surface area contributed by atoms with Crippen LogP contribution in [0.2, 0.25) is 0 Å². The van der Waals surface area contributed by atoms with Gasteiger partial charge in [0, 0.05) is 29.8 Å². The molecule has 2 aliphatic heterocycles. The number of hydrogen-bond acceptors (Lipinski definition) is 5. The van der Waals surface area contributed by atoms with Crippen LogP contribution in [0, 0.1) is 0 Å². The highest BCUT2D eigenvalue weighted by atomic mass is 32.2. The van der Waals surface area contributed by atoms with Crippen molar-refractivity contribution >= 4 is 11.8 Å². The van der Waals surface area contributed by atoms with Crippen LogP contribution in [0.5, 0.6) is 0 Å². The van der Waals surface area contributed by atoms with Crippen LogP contribution in [0.15, 0.2) is 35.2 Å². The minimum absolute atomic E-state index is 0.297. The van der Waals surface area contributed by atoms with E-state index in [1.807, 2.05) is 11.8 Å². The first kappa shape index (κ1) is 16.3. The molecule has 0 aliphatic carbocycles. The molecule has 122 valence electrons. The Bertz CT molecular complexity index is 445. The molecule has 0 amide bonds. The first-order valence-corrected chi connectivity index (χ1v) is 8.90. The van der Waals surface area contributed by atoms with Crippen LogP contribution in [0.4, 0.5) is 0 Å². The van der Waals surface area contributed by atoms with Gasteiger partial charge in [-0.25, -0.2) is 0 Å². The van der Waals surface area contributed by atoms with Crippen LogP contribution in [0.25, 0.3) is 0 Å².